The molecule has 0 aromatic rings. The van der Waals surface area contributed by atoms with Crippen LogP contribution in [0.5, 0.6) is 0 Å². The molecule has 2 atom stereocenters. The van der Waals surface area contributed by atoms with E-state index < -0.39 is 0 Å². The molecule has 0 amide bonds. The maximum Gasteiger partial charge on any atom is 0.0700 e. The van der Waals surface area contributed by atoms with Crippen LogP contribution in [0.15, 0.2) is 0 Å². The summed E-state index contributed by atoms with van der Waals surface area (Å²) >= 11 is 3.72. The van der Waals surface area contributed by atoms with Gasteiger partial charge < -0.3 is 10.1 Å². The summed E-state index contributed by atoms with van der Waals surface area (Å²) in [6.07, 6.45) is 8.07. The third-order valence-electron chi connectivity index (χ3n) is 3.08. The van der Waals surface area contributed by atoms with Gasteiger partial charge in [-0.05, 0) is 32.2 Å². The van der Waals surface area contributed by atoms with Crippen molar-refractivity contribution in [3.63, 3.8) is 0 Å². The van der Waals surface area contributed by atoms with Gasteiger partial charge in [-0.15, -0.1) is 0 Å². The van der Waals surface area contributed by atoms with Crippen molar-refractivity contribution in [2.45, 2.75) is 69.3 Å². The van der Waals surface area contributed by atoms with Crippen molar-refractivity contribution in [3.05, 3.63) is 0 Å². The maximum absolute atomic E-state index is 5.93. The minimum atomic E-state index is 0.465. The topological polar surface area (TPSA) is 21.3 Å². The molecular weight excluding hydrogens is 266 g/mol. The quantitative estimate of drug-likeness (QED) is 0.573. The van der Waals surface area contributed by atoms with Crippen molar-refractivity contribution >= 4 is 15.9 Å². The third kappa shape index (κ3) is 6.21. The fourth-order valence-electron chi connectivity index (χ4n) is 2.09. The van der Waals surface area contributed by atoms with Crippen molar-refractivity contribution in [2.75, 3.05) is 13.2 Å². The average Bonchev–Trinajstić information content (AvgIpc) is 2.25. The molecule has 0 aromatic heterocycles. The first kappa shape index (κ1) is 14.5. The summed E-state index contributed by atoms with van der Waals surface area (Å²) in [6.45, 7) is 6.41. The number of unbranched alkanes of at least 4 members (excludes halogenated alkanes) is 1. The molecular formula is C13H26BrNO. The van der Waals surface area contributed by atoms with Crippen molar-refractivity contribution < 1.29 is 4.74 Å². The fourth-order valence-corrected chi connectivity index (χ4v) is 2.83. The third-order valence-corrected chi connectivity index (χ3v) is 4.13. The van der Waals surface area contributed by atoms with Crippen molar-refractivity contribution in [1.29, 1.82) is 0 Å². The number of nitrogens with one attached hydrogen (secondary N) is 1. The Morgan fingerprint density at radius 3 is 2.69 bits per heavy atom. The number of halogens is 1. The molecule has 0 saturated heterocycles. The van der Waals surface area contributed by atoms with Gasteiger partial charge in [0, 0.05) is 17.5 Å². The van der Waals surface area contributed by atoms with Crippen LogP contribution in [-0.2, 0) is 4.74 Å². The summed E-state index contributed by atoms with van der Waals surface area (Å²) in [4.78, 5) is 0.593. The van der Waals surface area contributed by atoms with Crippen LogP contribution in [0.4, 0.5) is 0 Å². The Kier molecular flexibility index (Phi) is 7.67. The van der Waals surface area contributed by atoms with Gasteiger partial charge in [-0.25, -0.2) is 0 Å². The minimum absolute atomic E-state index is 0.465. The summed E-state index contributed by atoms with van der Waals surface area (Å²) in [6, 6.07) is 0.603. The second-order valence-corrected chi connectivity index (χ2v) is 6.20. The molecule has 0 unspecified atom stereocenters. The van der Waals surface area contributed by atoms with E-state index in [2.05, 4.69) is 35.1 Å². The minimum Gasteiger partial charge on any atom is -0.377 e. The highest BCUT2D eigenvalue weighted by Crippen LogP contribution is 2.26. The Morgan fingerprint density at radius 1 is 1.25 bits per heavy atom. The van der Waals surface area contributed by atoms with Gasteiger partial charge in [-0.2, -0.15) is 0 Å². The molecule has 0 heterocycles. The monoisotopic (exact) mass is 291 g/mol. The molecule has 1 aliphatic carbocycles. The molecule has 1 saturated carbocycles. The first-order valence-corrected chi connectivity index (χ1v) is 7.61. The molecule has 0 aliphatic heterocycles. The number of alkyl halides is 1. The molecule has 3 heteroatoms. The lowest BCUT2D eigenvalue weighted by Gasteiger charge is -2.27. The molecule has 1 fully saturated rings. The van der Waals surface area contributed by atoms with Crippen LogP contribution in [-0.4, -0.2) is 30.1 Å². The molecule has 96 valence electrons. The van der Waals surface area contributed by atoms with E-state index in [1.807, 2.05) is 0 Å². The van der Waals surface area contributed by atoms with Gasteiger partial charge in [0.2, 0.25) is 0 Å². The zero-order valence-corrected chi connectivity index (χ0v) is 12.3. The van der Waals surface area contributed by atoms with E-state index in [1.165, 1.54) is 38.5 Å². The smallest absolute Gasteiger partial charge is 0.0700 e. The van der Waals surface area contributed by atoms with E-state index in [0.29, 0.717) is 17.0 Å². The van der Waals surface area contributed by atoms with E-state index in [-0.39, 0.29) is 0 Å². The first-order chi connectivity index (χ1) is 7.70. The van der Waals surface area contributed by atoms with Gasteiger partial charge in [0.25, 0.3) is 0 Å². The highest BCUT2D eigenvalue weighted by atomic mass is 79.9. The molecule has 2 nitrogen and oxygen atoms in total. The zero-order chi connectivity index (χ0) is 11.8. The lowest BCUT2D eigenvalue weighted by molar-refractivity contribution is 0.0323. The van der Waals surface area contributed by atoms with Crippen LogP contribution < -0.4 is 5.32 Å². The predicted molar refractivity (Wildman–Crippen MR) is 73.3 cm³/mol. The molecule has 0 aromatic carbocycles. The molecule has 16 heavy (non-hydrogen) atoms. The van der Waals surface area contributed by atoms with Crippen LogP contribution in [0.2, 0.25) is 0 Å². The predicted octanol–water partition coefficient (Wildman–Crippen LogP) is 3.49. The van der Waals surface area contributed by atoms with Gasteiger partial charge in [0.1, 0.15) is 0 Å². The molecule has 0 bridgehead atoms. The molecule has 1 rings (SSSR count). The van der Waals surface area contributed by atoms with Crippen molar-refractivity contribution in [2.24, 2.45) is 0 Å². The van der Waals surface area contributed by atoms with Crippen molar-refractivity contribution in [1.82, 2.24) is 5.32 Å². The van der Waals surface area contributed by atoms with E-state index in [9.17, 15) is 0 Å². The van der Waals surface area contributed by atoms with E-state index >= 15 is 0 Å². The van der Waals surface area contributed by atoms with Gasteiger partial charge in [-0.1, -0.05) is 42.6 Å². The Balaban J connectivity index is 1.94. The summed E-state index contributed by atoms with van der Waals surface area (Å²) in [7, 11) is 0. The number of hydrogen-bond donors (Lipinski definition) is 1. The second-order valence-electron chi connectivity index (χ2n) is 5.03. The lowest BCUT2D eigenvalue weighted by Crippen LogP contribution is -2.28. The SMILES string of the molecule is CC(C)NCCCCO[C@H]1CCCC[C@@H]1Br. The Labute approximate surface area is 109 Å². The number of ether oxygens (including phenoxy) is 1. The van der Waals surface area contributed by atoms with Crippen LogP contribution in [0.25, 0.3) is 0 Å². The molecule has 1 N–H and O–H groups in total. The molecule has 1 aliphatic rings. The number of hydrogen-bond acceptors (Lipinski definition) is 2. The highest BCUT2D eigenvalue weighted by Gasteiger charge is 2.22. The van der Waals surface area contributed by atoms with Gasteiger partial charge in [-0.3, -0.25) is 0 Å². The highest BCUT2D eigenvalue weighted by molar-refractivity contribution is 9.09. The van der Waals surface area contributed by atoms with E-state index in [0.717, 1.165) is 13.2 Å². The summed E-state index contributed by atoms with van der Waals surface area (Å²) in [5.41, 5.74) is 0. The lowest BCUT2D eigenvalue weighted by atomic mass is 9.97. The van der Waals surface area contributed by atoms with Gasteiger partial charge in [0.15, 0.2) is 0 Å². The van der Waals surface area contributed by atoms with Crippen LogP contribution in [0.3, 0.4) is 0 Å². The Hall–Kier alpha value is 0.400. The molecule has 0 radical (unpaired) electrons. The van der Waals surface area contributed by atoms with E-state index in [1.54, 1.807) is 0 Å². The van der Waals surface area contributed by atoms with E-state index in [4.69, 9.17) is 4.74 Å². The average molecular weight is 292 g/mol. The first-order valence-electron chi connectivity index (χ1n) is 6.69. The van der Waals surface area contributed by atoms with Gasteiger partial charge in [0.05, 0.1) is 6.10 Å². The maximum atomic E-state index is 5.93. The van der Waals surface area contributed by atoms with Crippen molar-refractivity contribution in [3.8, 4) is 0 Å². The van der Waals surface area contributed by atoms with Gasteiger partial charge >= 0.3 is 0 Å². The standard InChI is InChI=1S/C13H26BrNO/c1-11(2)15-9-5-6-10-16-13-8-4-3-7-12(13)14/h11-13,15H,3-10H2,1-2H3/t12-,13-/m0/s1. The summed E-state index contributed by atoms with van der Waals surface area (Å²) in [5.74, 6) is 0. The summed E-state index contributed by atoms with van der Waals surface area (Å²) in [5, 5.41) is 3.43. The Bertz CT molecular complexity index is 175. The Morgan fingerprint density at radius 2 is 2.00 bits per heavy atom. The fraction of sp³-hybridized carbons (Fsp3) is 1.00. The second kappa shape index (κ2) is 8.48. The zero-order valence-electron chi connectivity index (χ0n) is 10.7. The number of rotatable bonds is 7. The molecule has 0 spiro atoms. The van der Waals surface area contributed by atoms with Crippen LogP contribution >= 0.6 is 15.9 Å². The largest absolute Gasteiger partial charge is 0.377 e. The van der Waals surface area contributed by atoms with Crippen LogP contribution in [0, 0.1) is 0 Å². The van der Waals surface area contributed by atoms with Crippen LogP contribution in [0.1, 0.15) is 52.4 Å². The normalized spacial score (nSPS) is 26.2. The summed E-state index contributed by atoms with van der Waals surface area (Å²) < 4.78 is 5.93.